The van der Waals surface area contributed by atoms with Gasteiger partial charge in [0.05, 0.1) is 6.07 Å². The third-order valence-electron chi connectivity index (χ3n) is 6.15. The minimum Gasteiger partial charge on any atom is -0.361 e. The Hall–Kier alpha value is -1.79. The van der Waals surface area contributed by atoms with E-state index in [1.165, 1.54) is 22.0 Å². The summed E-state index contributed by atoms with van der Waals surface area (Å²) in [4.78, 5) is 5.98. The number of likely N-dealkylation sites (tertiary alicyclic amines) is 1. The van der Waals surface area contributed by atoms with Crippen molar-refractivity contribution in [3.63, 3.8) is 0 Å². The zero-order chi connectivity index (χ0) is 16.0. The monoisotopic (exact) mass is 307 g/mol. The average Bonchev–Trinajstić information content (AvgIpc) is 2.94. The average molecular weight is 307 g/mol. The van der Waals surface area contributed by atoms with Gasteiger partial charge in [-0.25, -0.2) is 0 Å². The van der Waals surface area contributed by atoms with Crippen molar-refractivity contribution in [2.45, 2.75) is 51.0 Å². The highest BCUT2D eigenvalue weighted by Crippen LogP contribution is 2.50. The fourth-order valence-electron chi connectivity index (χ4n) is 5.31. The largest absolute Gasteiger partial charge is 0.361 e. The van der Waals surface area contributed by atoms with Crippen LogP contribution >= 0.6 is 0 Å². The van der Waals surface area contributed by atoms with Crippen LogP contribution in [0.25, 0.3) is 10.9 Å². The van der Waals surface area contributed by atoms with Gasteiger partial charge in [-0.05, 0) is 48.9 Å². The van der Waals surface area contributed by atoms with Gasteiger partial charge in [-0.3, -0.25) is 0 Å². The topological polar surface area (TPSA) is 42.8 Å². The molecule has 1 fully saturated rings. The molecule has 1 unspecified atom stereocenters. The van der Waals surface area contributed by atoms with Crippen LogP contribution in [0, 0.1) is 16.7 Å². The standard InChI is InChI=1S/C20H25N3/c1-3-7-20(8-9-21)11-16-15-5-4-6-17-19(15)14(12-22-17)10-18(16)23(2)13-20/h4-6,12,16,18,22H,3,7-8,10-11,13H2,1-2H3/t16-,18-,20?/m1/s1. The smallest absolute Gasteiger partial charge is 0.0628 e. The van der Waals surface area contributed by atoms with Crippen molar-refractivity contribution in [3.05, 3.63) is 35.5 Å². The molecule has 3 heteroatoms. The number of nitrogens with zero attached hydrogens (tertiary/aromatic N) is 2. The van der Waals surface area contributed by atoms with E-state index in [9.17, 15) is 5.26 Å². The van der Waals surface area contributed by atoms with E-state index >= 15 is 0 Å². The number of hydrogen-bond donors (Lipinski definition) is 1. The van der Waals surface area contributed by atoms with Crippen molar-refractivity contribution in [3.8, 4) is 6.07 Å². The Morgan fingerprint density at radius 3 is 3.09 bits per heavy atom. The number of hydrogen-bond acceptors (Lipinski definition) is 2. The van der Waals surface area contributed by atoms with Gasteiger partial charge in [0, 0.05) is 42.0 Å². The zero-order valence-corrected chi connectivity index (χ0v) is 14.1. The van der Waals surface area contributed by atoms with E-state index in [1.54, 1.807) is 0 Å². The summed E-state index contributed by atoms with van der Waals surface area (Å²) in [6, 6.07) is 9.75. The predicted molar refractivity (Wildman–Crippen MR) is 93.3 cm³/mol. The SMILES string of the molecule is CCCC1(CC#N)C[C@@H]2c3cccc4[nH]cc(c34)C[C@H]2N(C)C1. The van der Waals surface area contributed by atoms with Crippen molar-refractivity contribution in [1.82, 2.24) is 9.88 Å². The van der Waals surface area contributed by atoms with Crippen LogP contribution in [0.4, 0.5) is 0 Å². The lowest BCUT2D eigenvalue weighted by Gasteiger charge is -2.51. The lowest BCUT2D eigenvalue weighted by atomic mass is 9.64. The number of aromatic amines is 1. The highest BCUT2D eigenvalue weighted by Gasteiger charge is 2.45. The van der Waals surface area contributed by atoms with Crippen LogP contribution < -0.4 is 0 Å². The summed E-state index contributed by atoms with van der Waals surface area (Å²) >= 11 is 0. The molecule has 1 aromatic carbocycles. The van der Waals surface area contributed by atoms with Crippen molar-refractivity contribution in [1.29, 1.82) is 5.26 Å². The maximum absolute atomic E-state index is 9.40. The Labute approximate surface area is 138 Å². The maximum Gasteiger partial charge on any atom is 0.0628 e. The molecule has 2 aromatic rings. The number of nitriles is 1. The van der Waals surface area contributed by atoms with E-state index in [0.29, 0.717) is 18.4 Å². The van der Waals surface area contributed by atoms with E-state index in [4.69, 9.17) is 0 Å². The Morgan fingerprint density at radius 1 is 1.43 bits per heavy atom. The number of rotatable bonds is 3. The van der Waals surface area contributed by atoms with Gasteiger partial charge in [-0.2, -0.15) is 5.26 Å². The molecular weight excluding hydrogens is 282 g/mol. The van der Waals surface area contributed by atoms with E-state index in [0.717, 1.165) is 32.2 Å². The van der Waals surface area contributed by atoms with E-state index in [-0.39, 0.29) is 5.41 Å². The number of nitrogens with one attached hydrogen (secondary N) is 1. The van der Waals surface area contributed by atoms with Gasteiger partial charge in [-0.15, -0.1) is 0 Å². The van der Waals surface area contributed by atoms with Crippen LogP contribution in [0.1, 0.15) is 49.7 Å². The summed E-state index contributed by atoms with van der Waals surface area (Å²) in [6.07, 6.45) is 7.49. The summed E-state index contributed by atoms with van der Waals surface area (Å²) in [5.74, 6) is 0.556. The Morgan fingerprint density at radius 2 is 2.30 bits per heavy atom. The predicted octanol–water partition coefficient (Wildman–Crippen LogP) is 4.21. The molecule has 2 heterocycles. The van der Waals surface area contributed by atoms with Gasteiger partial charge in [0.2, 0.25) is 0 Å². The molecule has 2 aliphatic rings. The Bertz CT molecular complexity index is 769. The molecule has 0 amide bonds. The summed E-state index contributed by atoms with van der Waals surface area (Å²) in [6.45, 7) is 3.31. The molecular formula is C20H25N3. The second-order valence-electron chi connectivity index (χ2n) is 7.67. The molecule has 1 aliphatic carbocycles. The van der Waals surface area contributed by atoms with Crippen molar-refractivity contribution < 1.29 is 0 Å². The van der Waals surface area contributed by atoms with Gasteiger partial charge in [0.25, 0.3) is 0 Å². The van der Waals surface area contributed by atoms with Crippen LogP contribution in [0.5, 0.6) is 0 Å². The van der Waals surface area contributed by atoms with Gasteiger partial charge in [0.1, 0.15) is 0 Å². The number of H-pyrrole nitrogens is 1. The van der Waals surface area contributed by atoms with Crippen LogP contribution in [-0.2, 0) is 6.42 Å². The molecule has 4 rings (SSSR count). The van der Waals surface area contributed by atoms with Crippen LogP contribution in [0.15, 0.2) is 24.4 Å². The van der Waals surface area contributed by atoms with Crippen LogP contribution in [-0.4, -0.2) is 29.5 Å². The maximum atomic E-state index is 9.40. The van der Waals surface area contributed by atoms with E-state index in [2.05, 4.69) is 54.3 Å². The Kier molecular flexibility index (Phi) is 3.46. The second kappa shape index (κ2) is 5.39. The first kappa shape index (κ1) is 14.8. The third kappa shape index (κ3) is 2.20. The quantitative estimate of drug-likeness (QED) is 0.923. The normalized spacial score (nSPS) is 30.1. The highest BCUT2D eigenvalue weighted by molar-refractivity contribution is 5.88. The van der Waals surface area contributed by atoms with E-state index in [1.807, 2.05) is 0 Å². The number of fused-ring (bicyclic) bond motifs is 2. The first-order valence-corrected chi connectivity index (χ1v) is 8.83. The van der Waals surface area contributed by atoms with Gasteiger partial charge in [-0.1, -0.05) is 25.5 Å². The van der Waals surface area contributed by atoms with Gasteiger partial charge < -0.3 is 9.88 Å². The first-order valence-electron chi connectivity index (χ1n) is 8.83. The molecule has 0 radical (unpaired) electrons. The molecule has 120 valence electrons. The summed E-state index contributed by atoms with van der Waals surface area (Å²) < 4.78 is 0. The van der Waals surface area contributed by atoms with Gasteiger partial charge in [0.15, 0.2) is 0 Å². The molecule has 0 saturated carbocycles. The molecule has 3 atom stereocenters. The number of benzene rings is 1. The molecule has 0 spiro atoms. The highest BCUT2D eigenvalue weighted by atomic mass is 15.2. The van der Waals surface area contributed by atoms with Gasteiger partial charge >= 0.3 is 0 Å². The van der Waals surface area contributed by atoms with Crippen molar-refractivity contribution in [2.75, 3.05) is 13.6 Å². The third-order valence-corrected chi connectivity index (χ3v) is 6.15. The minimum atomic E-state index is 0.162. The number of likely N-dealkylation sites (N-methyl/N-ethyl adjacent to an activating group) is 1. The van der Waals surface area contributed by atoms with Crippen molar-refractivity contribution >= 4 is 10.9 Å². The molecule has 3 nitrogen and oxygen atoms in total. The number of aromatic nitrogens is 1. The molecule has 1 saturated heterocycles. The molecule has 1 aliphatic heterocycles. The first-order chi connectivity index (χ1) is 11.2. The lowest BCUT2D eigenvalue weighted by Crippen LogP contribution is -2.52. The fourth-order valence-corrected chi connectivity index (χ4v) is 5.31. The van der Waals surface area contributed by atoms with Crippen molar-refractivity contribution in [2.24, 2.45) is 5.41 Å². The summed E-state index contributed by atoms with van der Waals surface area (Å²) in [7, 11) is 2.26. The van der Waals surface area contributed by atoms with E-state index < -0.39 is 0 Å². The number of piperidine rings is 1. The minimum absolute atomic E-state index is 0.162. The Balaban J connectivity index is 1.80. The second-order valence-corrected chi connectivity index (χ2v) is 7.67. The van der Waals surface area contributed by atoms with Crippen LogP contribution in [0.2, 0.25) is 0 Å². The summed E-state index contributed by atoms with van der Waals surface area (Å²) in [5.41, 5.74) is 4.40. The molecule has 1 N–H and O–H groups in total. The molecule has 1 aromatic heterocycles. The molecule has 0 bridgehead atoms. The lowest BCUT2D eigenvalue weighted by molar-refractivity contribution is 0.0375. The molecule has 23 heavy (non-hydrogen) atoms. The zero-order valence-electron chi connectivity index (χ0n) is 14.1. The summed E-state index contributed by atoms with van der Waals surface area (Å²) in [5, 5.41) is 10.8. The van der Waals surface area contributed by atoms with Crippen LogP contribution in [0.3, 0.4) is 0 Å². The fraction of sp³-hybridized carbons (Fsp3) is 0.550.